The molecule has 3 saturated heterocycles. The van der Waals surface area contributed by atoms with Gasteiger partial charge in [0.15, 0.2) is 12.6 Å². The van der Waals surface area contributed by atoms with E-state index in [9.17, 15) is 51.1 Å². The van der Waals surface area contributed by atoms with Crippen LogP contribution < -0.4 is 10.5 Å². The van der Waals surface area contributed by atoms with Crippen LogP contribution in [0.4, 0.5) is 0 Å². The molecular formula is C26H41NO16. The summed E-state index contributed by atoms with van der Waals surface area (Å²) in [6, 6.07) is 6.68. The summed E-state index contributed by atoms with van der Waals surface area (Å²) in [6.07, 6.45) is -23.7. The van der Waals surface area contributed by atoms with Crippen LogP contribution in [0, 0.1) is 0 Å². The van der Waals surface area contributed by atoms with E-state index in [1.165, 1.54) is 0 Å². The summed E-state index contributed by atoms with van der Waals surface area (Å²) in [6.45, 7) is -1.59. The first-order valence-electron chi connectivity index (χ1n) is 13.9. The molecule has 4 rings (SSSR count). The fourth-order valence-corrected chi connectivity index (χ4v) is 5.06. The van der Waals surface area contributed by atoms with Gasteiger partial charge < -0.3 is 85.2 Å². The molecule has 15 atom stereocenters. The summed E-state index contributed by atoms with van der Waals surface area (Å²) in [5.41, 5.74) is 6.50. The third kappa shape index (κ3) is 7.61. The van der Waals surface area contributed by atoms with Gasteiger partial charge in [0.05, 0.1) is 19.8 Å². The number of aliphatic hydroxyl groups is 10. The zero-order valence-electron chi connectivity index (χ0n) is 23.0. The minimum atomic E-state index is -1.85. The summed E-state index contributed by atoms with van der Waals surface area (Å²) in [5.74, 6) is 0.251. The van der Waals surface area contributed by atoms with Gasteiger partial charge in [-0.2, -0.15) is 0 Å². The summed E-state index contributed by atoms with van der Waals surface area (Å²) >= 11 is 0. The van der Waals surface area contributed by atoms with Crippen molar-refractivity contribution in [2.75, 3.05) is 26.4 Å². The highest BCUT2D eigenvalue weighted by atomic mass is 16.7. The first kappa shape index (κ1) is 34.3. The molecule has 1 aromatic rings. The van der Waals surface area contributed by atoms with Crippen LogP contribution in [0.15, 0.2) is 24.3 Å². The van der Waals surface area contributed by atoms with Crippen LogP contribution in [0.25, 0.3) is 0 Å². The summed E-state index contributed by atoms with van der Waals surface area (Å²) in [7, 11) is 0. The lowest BCUT2D eigenvalue weighted by atomic mass is 9.96. The molecule has 0 amide bonds. The smallest absolute Gasteiger partial charge is 0.229 e. The van der Waals surface area contributed by atoms with E-state index in [-0.39, 0.29) is 5.75 Å². The van der Waals surface area contributed by atoms with Crippen LogP contribution in [-0.2, 0) is 30.1 Å². The number of ether oxygens (including phenoxy) is 6. The molecule has 1 aromatic carbocycles. The largest absolute Gasteiger partial charge is 0.462 e. The number of hydrogen-bond acceptors (Lipinski definition) is 17. The lowest BCUT2D eigenvalue weighted by molar-refractivity contribution is -0.358. The maximum absolute atomic E-state index is 11.1. The fraction of sp³-hybridized carbons (Fsp3) is 0.769. The van der Waals surface area contributed by atoms with Gasteiger partial charge in [0.1, 0.15) is 79.0 Å². The predicted octanol–water partition coefficient (Wildman–Crippen LogP) is -5.99. The van der Waals surface area contributed by atoms with Crippen molar-refractivity contribution in [3.63, 3.8) is 0 Å². The normalized spacial score (nSPS) is 43.8. The standard InChI is InChI=1S/C26H41NO16/c27-6-5-10-1-3-11(4-2-10)39-26-22(37)23(43-25-21(36)19(34)16(31)13(8-29)41-25)17(32)14(42-26)9-38-24-20(35)18(33)15(30)12(7-28)40-24/h1-4,12-26,28-37H,5-9,27H2/t12?,13?,14?,15-,16+,17-,18+,19?,20?,21+,22?,23+,24+,25+,26+/m1/s1. The maximum atomic E-state index is 11.1. The van der Waals surface area contributed by atoms with Crippen LogP contribution in [0.1, 0.15) is 5.56 Å². The van der Waals surface area contributed by atoms with Crippen molar-refractivity contribution in [3.05, 3.63) is 29.8 Å². The molecule has 17 heteroatoms. The van der Waals surface area contributed by atoms with Gasteiger partial charge in [-0.3, -0.25) is 0 Å². The molecule has 0 radical (unpaired) electrons. The van der Waals surface area contributed by atoms with Gasteiger partial charge >= 0.3 is 0 Å². The second-order valence-corrected chi connectivity index (χ2v) is 10.7. The molecule has 3 heterocycles. The highest BCUT2D eigenvalue weighted by Gasteiger charge is 2.52. The van der Waals surface area contributed by atoms with Crippen molar-refractivity contribution in [1.29, 1.82) is 0 Å². The van der Waals surface area contributed by atoms with Crippen molar-refractivity contribution in [1.82, 2.24) is 0 Å². The Bertz CT molecular complexity index is 986. The molecule has 3 aliphatic rings. The van der Waals surface area contributed by atoms with Crippen molar-refractivity contribution >= 4 is 0 Å². The Morgan fingerprint density at radius 1 is 0.605 bits per heavy atom. The van der Waals surface area contributed by atoms with Gasteiger partial charge in [0.2, 0.25) is 6.29 Å². The third-order valence-corrected chi connectivity index (χ3v) is 7.66. The van der Waals surface area contributed by atoms with Gasteiger partial charge in [-0.25, -0.2) is 0 Å². The zero-order chi connectivity index (χ0) is 31.4. The Labute approximate surface area is 246 Å². The zero-order valence-corrected chi connectivity index (χ0v) is 23.0. The molecule has 17 nitrogen and oxygen atoms in total. The number of benzene rings is 1. The van der Waals surface area contributed by atoms with Crippen molar-refractivity contribution < 1.29 is 79.5 Å². The highest BCUT2D eigenvalue weighted by molar-refractivity contribution is 5.27. The van der Waals surface area contributed by atoms with E-state index in [4.69, 9.17) is 34.2 Å². The van der Waals surface area contributed by atoms with Crippen LogP contribution in [0.5, 0.6) is 5.75 Å². The molecule has 246 valence electrons. The minimum Gasteiger partial charge on any atom is -0.462 e. The molecule has 43 heavy (non-hydrogen) atoms. The number of hydrogen-bond donors (Lipinski definition) is 11. The van der Waals surface area contributed by atoms with Gasteiger partial charge in [0.25, 0.3) is 0 Å². The molecule has 0 saturated carbocycles. The minimum absolute atomic E-state index is 0.251. The maximum Gasteiger partial charge on any atom is 0.229 e. The first-order valence-corrected chi connectivity index (χ1v) is 13.9. The third-order valence-electron chi connectivity index (χ3n) is 7.66. The highest BCUT2D eigenvalue weighted by Crippen LogP contribution is 2.31. The van der Waals surface area contributed by atoms with Crippen LogP contribution >= 0.6 is 0 Å². The summed E-state index contributed by atoms with van der Waals surface area (Å²) < 4.78 is 33.5. The van der Waals surface area contributed by atoms with E-state index in [0.29, 0.717) is 13.0 Å². The average Bonchev–Trinajstić information content (AvgIpc) is 3.00. The van der Waals surface area contributed by atoms with E-state index in [0.717, 1.165) is 5.56 Å². The summed E-state index contributed by atoms with van der Waals surface area (Å²) in [4.78, 5) is 0. The van der Waals surface area contributed by atoms with Gasteiger partial charge in [0, 0.05) is 0 Å². The van der Waals surface area contributed by atoms with E-state index in [2.05, 4.69) is 0 Å². The van der Waals surface area contributed by atoms with E-state index in [1.807, 2.05) is 0 Å². The molecule has 0 aliphatic carbocycles. The fourth-order valence-electron chi connectivity index (χ4n) is 5.06. The van der Waals surface area contributed by atoms with Crippen molar-refractivity contribution in [2.45, 2.75) is 98.5 Å². The van der Waals surface area contributed by atoms with Crippen molar-refractivity contribution in [3.8, 4) is 5.75 Å². The number of aliphatic hydroxyl groups excluding tert-OH is 10. The molecule has 0 aromatic heterocycles. The molecule has 3 fully saturated rings. The first-order chi connectivity index (χ1) is 20.5. The van der Waals surface area contributed by atoms with E-state index in [1.54, 1.807) is 24.3 Å². The molecule has 3 aliphatic heterocycles. The monoisotopic (exact) mass is 623 g/mol. The van der Waals surface area contributed by atoms with Crippen LogP contribution in [0.3, 0.4) is 0 Å². The number of rotatable bonds is 11. The van der Waals surface area contributed by atoms with Gasteiger partial charge in [-0.1, -0.05) is 12.1 Å². The van der Waals surface area contributed by atoms with E-state index < -0.39 is 112 Å². The number of nitrogens with two attached hydrogens (primary N) is 1. The Hall–Kier alpha value is -1.62. The van der Waals surface area contributed by atoms with Crippen LogP contribution in [0.2, 0.25) is 0 Å². The SMILES string of the molecule is NCCc1ccc(O[C@H]2OC(CO[C@H]3OC(CO)[C@@H](O)[C@H](O)C3O)[C@@H](O)[C@H](O[C@@H]3OC(CO)[C@H](O)C(O)[C@@H]3O)C2O)cc1. The quantitative estimate of drug-likeness (QED) is 0.109. The van der Waals surface area contributed by atoms with E-state index >= 15 is 0 Å². The lowest BCUT2D eigenvalue weighted by Gasteiger charge is -2.46. The second kappa shape index (κ2) is 15.1. The predicted molar refractivity (Wildman–Crippen MR) is 139 cm³/mol. The lowest BCUT2D eigenvalue weighted by Crippen LogP contribution is -2.65. The molecule has 12 N–H and O–H groups in total. The molecule has 0 bridgehead atoms. The molecule has 6 unspecified atom stereocenters. The molecule has 0 spiro atoms. The topological polar surface area (TPSA) is 284 Å². The molecular weight excluding hydrogens is 582 g/mol. The Balaban J connectivity index is 1.53. The second-order valence-electron chi connectivity index (χ2n) is 10.7. The Morgan fingerprint density at radius 3 is 1.70 bits per heavy atom. The average molecular weight is 624 g/mol. The van der Waals surface area contributed by atoms with Crippen LogP contribution in [-0.4, -0.2) is 170 Å². The van der Waals surface area contributed by atoms with Gasteiger partial charge in [-0.05, 0) is 30.7 Å². The Kier molecular flexibility index (Phi) is 12.0. The summed E-state index contributed by atoms with van der Waals surface area (Å²) in [5, 5.41) is 102. The van der Waals surface area contributed by atoms with Gasteiger partial charge in [-0.15, -0.1) is 0 Å². The van der Waals surface area contributed by atoms with Crippen molar-refractivity contribution in [2.24, 2.45) is 5.73 Å². The Morgan fingerprint density at radius 2 is 1.14 bits per heavy atom.